The molecule has 0 radical (unpaired) electrons. The summed E-state index contributed by atoms with van der Waals surface area (Å²) in [7, 11) is -1.95. The highest BCUT2D eigenvalue weighted by atomic mass is 32.2. The van der Waals surface area contributed by atoms with Gasteiger partial charge in [0, 0.05) is 19.2 Å². The lowest BCUT2D eigenvalue weighted by Gasteiger charge is -2.18. The third-order valence-electron chi connectivity index (χ3n) is 4.02. The smallest absolute Gasteiger partial charge is 0.248 e. The van der Waals surface area contributed by atoms with E-state index in [0.717, 1.165) is 5.56 Å². The van der Waals surface area contributed by atoms with Gasteiger partial charge in [-0.25, -0.2) is 8.42 Å². The summed E-state index contributed by atoms with van der Waals surface area (Å²) < 4.78 is 31.5. The lowest BCUT2D eigenvalue weighted by atomic mass is 10.2. The van der Waals surface area contributed by atoms with Crippen LogP contribution < -0.4 is 10.1 Å². The van der Waals surface area contributed by atoms with Crippen molar-refractivity contribution in [3.05, 3.63) is 60.2 Å². The van der Waals surface area contributed by atoms with Crippen LogP contribution in [0.15, 0.2) is 59.5 Å². The van der Waals surface area contributed by atoms with E-state index >= 15 is 0 Å². The van der Waals surface area contributed by atoms with Crippen molar-refractivity contribution < 1.29 is 17.9 Å². The summed E-state index contributed by atoms with van der Waals surface area (Å²) in [6.45, 7) is 4.45. The zero-order valence-corrected chi connectivity index (χ0v) is 16.5. The lowest BCUT2D eigenvalue weighted by Crippen LogP contribution is -2.30. The van der Waals surface area contributed by atoms with Crippen LogP contribution in [0.4, 0.5) is 5.69 Å². The topological polar surface area (TPSA) is 75.7 Å². The van der Waals surface area contributed by atoms with Gasteiger partial charge in [-0.2, -0.15) is 4.31 Å². The summed E-state index contributed by atoms with van der Waals surface area (Å²) >= 11 is 0. The largest absolute Gasteiger partial charge is 0.495 e. The summed E-state index contributed by atoms with van der Waals surface area (Å²) in [4.78, 5) is 12.3. The number of amides is 1. The van der Waals surface area contributed by atoms with Gasteiger partial charge in [-0.05, 0) is 35.9 Å². The number of methoxy groups -OCH3 is 1. The van der Waals surface area contributed by atoms with Crippen LogP contribution in [0.3, 0.4) is 0 Å². The maximum absolute atomic E-state index is 12.5. The standard InChI is InChI=1S/C20H24N2O4S/c1-4-22(5-2)27(24,25)17-13-10-16(11-14-17)12-15-20(23)21-18-8-6-7-9-19(18)26-3/h6-15H,4-5H2,1-3H3,(H,21,23)/b15-12+. The quantitative estimate of drug-likeness (QED) is 0.704. The Morgan fingerprint density at radius 1 is 1.07 bits per heavy atom. The fraction of sp³-hybridized carbons (Fsp3) is 0.250. The van der Waals surface area contributed by atoms with Gasteiger partial charge in [0.2, 0.25) is 15.9 Å². The second-order valence-electron chi connectivity index (χ2n) is 5.68. The minimum Gasteiger partial charge on any atom is -0.495 e. The number of rotatable bonds is 8. The molecular weight excluding hydrogens is 364 g/mol. The molecule has 2 aromatic carbocycles. The first kappa shape index (κ1) is 20.7. The molecule has 0 aliphatic heterocycles. The van der Waals surface area contributed by atoms with Crippen LogP contribution >= 0.6 is 0 Å². The predicted octanol–water partition coefficient (Wildman–Crippen LogP) is 3.38. The van der Waals surface area contributed by atoms with Crippen LogP contribution in [-0.4, -0.2) is 38.8 Å². The SMILES string of the molecule is CCN(CC)S(=O)(=O)c1ccc(/C=C/C(=O)Nc2ccccc2OC)cc1. The number of hydrogen-bond acceptors (Lipinski definition) is 4. The maximum atomic E-state index is 12.5. The molecule has 0 saturated carbocycles. The summed E-state index contributed by atoms with van der Waals surface area (Å²) in [5, 5.41) is 2.74. The molecule has 0 aromatic heterocycles. The number of benzene rings is 2. The summed E-state index contributed by atoms with van der Waals surface area (Å²) in [5.41, 5.74) is 1.30. The molecule has 0 saturated heterocycles. The molecule has 144 valence electrons. The third-order valence-corrected chi connectivity index (χ3v) is 6.08. The number of carbonyl (C=O) groups excluding carboxylic acids is 1. The van der Waals surface area contributed by atoms with Crippen molar-refractivity contribution in [3.63, 3.8) is 0 Å². The van der Waals surface area contributed by atoms with Crippen molar-refractivity contribution in [3.8, 4) is 5.75 Å². The molecule has 0 heterocycles. The van der Waals surface area contributed by atoms with Crippen molar-refractivity contribution in [1.82, 2.24) is 4.31 Å². The van der Waals surface area contributed by atoms with Gasteiger partial charge in [0.1, 0.15) is 5.75 Å². The molecule has 27 heavy (non-hydrogen) atoms. The second-order valence-corrected chi connectivity index (χ2v) is 7.62. The lowest BCUT2D eigenvalue weighted by molar-refractivity contribution is -0.111. The molecule has 0 spiro atoms. The number of ether oxygens (including phenoxy) is 1. The number of hydrogen-bond donors (Lipinski definition) is 1. The molecule has 1 N–H and O–H groups in total. The average molecular weight is 388 g/mol. The minimum atomic E-state index is -3.48. The highest BCUT2D eigenvalue weighted by Gasteiger charge is 2.20. The molecule has 2 rings (SSSR count). The van der Waals surface area contributed by atoms with Gasteiger partial charge in [0.25, 0.3) is 0 Å². The molecule has 7 heteroatoms. The number of carbonyl (C=O) groups is 1. The Labute approximate surface area is 160 Å². The number of sulfonamides is 1. The van der Waals surface area contributed by atoms with Crippen LogP contribution in [0.1, 0.15) is 19.4 Å². The number of para-hydroxylation sites is 2. The van der Waals surface area contributed by atoms with E-state index in [1.165, 1.54) is 17.5 Å². The Morgan fingerprint density at radius 3 is 2.30 bits per heavy atom. The van der Waals surface area contributed by atoms with Crippen LogP contribution in [0.5, 0.6) is 5.75 Å². The van der Waals surface area contributed by atoms with E-state index in [1.807, 2.05) is 6.07 Å². The number of nitrogens with one attached hydrogen (secondary N) is 1. The van der Waals surface area contributed by atoms with Gasteiger partial charge < -0.3 is 10.1 Å². The molecule has 0 fully saturated rings. The van der Waals surface area contributed by atoms with Crippen LogP contribution in [0, 0.1) is 0 Å². The van der Waals surface area contributed by atoms with Crippen molar-refractivity contribution in [2.75, 3.05) is 25.5 Å². The second kappa shape index (κ2) is 9.34. The van der Waals surface area contributed by atoms with Crippen molar-refractivity contribution in [2.24, 2.45) is 0 Å². The Bertz CT molecular complexity index is 902. The van der Waals surface area contributed by atoms with E-state index in [4.69, 9.17) is 4.74 Å². The van der Waals surface area contributed by atoms with Gasteiger partial charge in [0.05, 0.1) is 17.7 Å². The summed E-state index contributed by atoms with van der Waals surface area (Å²) in [6, 6.07) is 13.6. The molecule has 0 atom stereocenters. The van der Waals surface area contributed by atoms with Crippen molar-refractivity contribution >= 4 is 27.7 Å². The van der Waals surface area contributed by atoms with Gasteiger partial charge in [-0.3, -0.25) is 4.79 Å². The van der Waals surface area contributed by atoms with E-state index in [2.05, 4.69) is 5.32 Å². The zero-order chi connectivity index (χ0) is 19.9. The highest BCUT2D eigenvalue weighted by Crippen LogP contribution is 2.23. The normalized spacial score (nSPS) is 11.7. The first-order valence-corrected chi connectivity index (χ1v) is 10.1. The molecule has 0 unspecified atom stereocenters. The molecule has 1 amide bonds. The first-order chi connectivity index (χ1) is 12.9. The fourth-order valence-electron chi connectivity index (χ4n) is 2.56. The van der Waals surface area contributed by atoms with Gasteiger partial charge in [-0.15, -0.1) is 0 Å². The average Bonchev–Trinajstić information content (AvgIpc) is 2.68. The maximum Gasteiger partial charge on any atom is 0.248 e. The molecule has 0 bridgehead atoms. The minimum absolute atomic E-state index is 0.238. The van der Waals surface area contributed by atoms with Crippen molar-refractivity contribution in [1.29, 1.82) is 0 Å². The Balaban J connectivity index is 2.08. The summed E-state index contributed by atoms with van der Waals surface area (Å²) in [6.07, 6.45) is 3.01. The highest BCUT2D eigenvalue weighted by molar-refractivity contribution is 7.89. The van der Waals surface area contributed by atoms with E-state index < -0.39 is 10.0 Å². The fourth-order valence-corrected chi connectivity index (χ4v) is 4.02. The van der Waals surface area contributed by atoms with Gasteiger partial charge in [0.15, 0.2) is 0 Å². The van der Waals surface area contributed by atoms with E-state index in [-0.39, 0.29) is 10.8 Å². The zero-order valence-electron chi connectivity index (χ0n) is 15.7. The predicted molar refractivity (Wildman–Crippen MR) is 107 cm³/mol. The molecule has 2 aromatic rings. The monoisotopic (exact) mass is 388 g/mol. The molecular formula is C20H24N2O4S. The van der Waals surface area contributed by atoms with Crippen LogP contribution in [0.25, 0.3) is 6.08 Å². The molecule has 6 nitrogen and oxygen atoms in total. The van der Waals surface area contributed by atoms with Gasteiger partial charge >= 0.3 is 0 Å². The first-order valence-electron chi connectivity index (χ1n) is 8.64. The Morgan fingerprint density at radius 2 is 1.70 bits per heavy atom. The van der Waals surface area contributed by atoms with Gasteiger partial charge in [-0.1, -0.05) is 38.1 Å². The molecule has 0 aliphatic carbocycles. The summed E-state index contributed by atoms with van der Waals surface area (Å²) in [5.74, 6) is 0.268. The third kappa shape index (κ3) is 5.18. The number of anilines is 1. The molecule has 0 aliphatic rings. The van der Waals surface area contributed by atoms with E-state index in [9.17, 15) is 13.2 Å². The Hall–Kier alpha value is -2.64. The van der Waals surface area contributed by atoms with Crippen molar-refractivity contribution in [2.45, 2.75) is 18.7 Å². The van der Waals surface area contributed by atoms with Crippen LogP contribution in [-0.2, 0) is 14.8 Å². The number of nitrogens with zero attached hydrogens (tertiary/aromatic N) is 1. The van der Waals surface area contributed by atoms with E-state index in [0.29, 0.717) is 24.5 Å². The van der Waals surface area contributed by atoms with E-state index in [1.54, 1.807) is 62.4 Å². The Kier molecular flexibility index (Phi) is 7.15. The van der Waals surface area contributed by atoms with Crippen LogP contribution in [0.2, 0.25) is 0 Å².